The highest BCUT2D eigenvalue weighted by atomic mass is 35.5. The number of nitrogens with one attached hydrogen (secondary N) is 2. The van der Waals surface area contributed by atoms with Crippen molar-refractivity contribution in [2.24, 2.45) is 0 Å². The number of amides is 4. The van der Waals surface area contributed by atoms with Crippen LogP contribution in [0.1, 0.15) is 90.5 Å². The van der Waals surface area contributed by atoms with Gasteiger partial charge in [0.25, 0.3) is 11.8 Å². The number of hydrogen-bond donors (Lipinski definition) is 2. The minimum Gasteiger partial charge on any atom is -0.350 e. The Balaban J connectivity index is 1.50. The summed E-state index contributed by atoms with van der Waals surface area (Å²) in [6.45, 7) is 5.59. The van der Waals surface area contributed by atoms with Crippen molar-refractivity contribution in [2.45, 2.75) is 109 Å². The lowest BCUT2D eigenvalue weighted by Crippen LogP contribution is -2.54. The second kappa shape index (κ2) is 23.2. The van der Waals surface area contributed by atoms with Gasteiger partial charge in [0.15, 0.2) is 0 Å². The summed E-state index contributed by atoms with van der Waals surface area (Å²) in [6.07, 6.45) is 10.0. The first-order valence-corrected chi connectivity index (χ1v) is 22.3. The Kier molecular flexibility index (Phi) is 18.9. The average molecular weight is 867 g/mol. The molecule has 0 aliphatic carbocycles. The normalized spacial score (nSPS) is 15.0. The number of urea groups is 1. The van der Waals surface area contributed by atoms with Crippen LogP contribution in [0.5, 0.6) is 0 Å². The standard InChI is InChI=1S/C41H54Cl3N5O7S/c1-4-7-8-9-10-11-12-13-14-18-25-45-57(53,54)32-22-24-33(43)35(27-32)46-56-29-37(38(50)47(5-2)36-26-31(42)21-23-34(36)44)49-39(51)40(55-6-3)48(41(49)52)28-30-19-16-15-17-20-30/h15-17,19-24,26-27,37,40,45-46H,4-14,18,25,28-29H2,1-3H3. The molecule has 12 nitrogen and oxygen atoms in total. The van der Waals surface area contributed by atoms with Gasteiger partial charge in [0.05, 0.1) is 32.9 Å². The molecule has 2 unspecified atom stereocenters. The van der Waals surface area contributed by atoms with Crippen LogP contribution >= 0.6 is 34.8 Å². The Hall–Kier alpha value is -3.43. The molecule has 0 radical (unpaired) electrons. The zero-order chi connectivity index (χ0) is 41.4. The molecule has 0 aromatic heterocycles. The van der Waals surface area contributed by atoms with Gasteiger partial charge in [0.1, 0.15) is 12.6 Å². The van der Waals surface area contributed by atoms with E-state index in [9.17, 15) is 22.8 Å². The van der Waals surface area contributed by atoms with E-state index < -0.39 is 46.7 Å². The molecular weight excluding hydrogens is 813 g/mol. The number of benzene rings is 3. The van der Waals surface area contributed by atoms with E-state index in [1.165, 1.54) is 78.7 Å². The van der Waals surface area contributed by atoms with Crippen LogP contribution in [0.25, 0.3) is 0 Å². The highest BCUT2D eigenvalue weighted by molar-refractivity contribution is 7.89. The zero-order valence-electron chi connectivity index (χ0n) is 32.9. The first-order valence-electron chi connectivity index (χ1n) is 19.7. The Bertz CT molecular complexity index is 1890. The topological polar surface area (TPSA) is 138 Å². The van der Waals surface area contributed by atoms with E-state index in [2.05, 4.69) is 17.1 Å². The largest absolute Gasteiger partial charge is 0.350 e. The maximum atomic E-state index is 14.5. The summed E-state index contributed by atoms with van der Waals surface area (Å²) in [4.78, 5) is 51.8. The SMILES string of the molecule is CCCCCCCCCCCCNS(=O)(=O)c1ccc(Cl)c(NOCC(C(=O)N(CC)c2cc(Cl)ccc2Cl)N2C(=O)C(OCC)N(Cc3ccccc3)C2=O)c1. The van der Waals surface area contributed by atoms with E-state index in [0.717, 1.165) is 29.7 Å². The number of rotatable bonds is 25. The number of halogens is 3. The van der Waals surface area contributed by atoms with Gasteiger partial charge in [-0.25, -0.2) is 22.8 Å². The maximum absolute atomic E-state index is 14.5. The summed E-state index contributed by atoms with van der Waals surface area (Å²) >= 11 is 19.2. The molecule has 57 heavy (non-hydrogen) atoms. The number of imide groups is 1. The van der Waals surface area contributed by atoms with Crippen LogP contribution in [0.3, 0.4) is 0 Å². The predicted octanol–water partition coefficient (Wildman–Crippen LogP) is 9.44. The lowest BCUT2D eigenvalue weighted by atomic mass is 10.1. The lowest BCUT2D eigenvalue weighted by molar-refractivity contribution is -0.146. The second-order valence-corrected chi connectivity index (χ2v) is 16.8. The highest BCUT2D eigenvalue weighted by Crippen LogP contribution is 2.32. The summed E-state index contributed by atoms with van der Waals surface area (Å²) in [5.41, 5.74) is 3.74. The van der Waals surface area contributed by atoms with E-state index in [0.29, 0.717) is 11.4 Å². The van der Waals surface area contributed by atoms with Gasteiger partial charge in [-0.3, -0.25) is 24.8 Å². The Morgan fingerprint density at radius 2 is 1.49 bits per heavy atom. The van der Waals surface area contributed by atoms with Crippen molar-refractivity contribution < 1.29 is 32.4 Å². The molecule has 16 heteroatoms. The van der Waals surface area contributed by atoms with Crippen LogP contribution in [-0.2, 0) is 35.7 Å². The van der Waals surface area contributed by atoms with Crippen molar-refractivity contribution in [2.75, 3.05) is 36.7 Å². The van der Waals surface area contributed by atoms with Crippen LogP contribution in [0.2, 0.25) is 15.1 Å². The number of ether oxygens (including phenoxy) is 1. The minimum atomic E-state index is -3.89. The number of carbonyl (C=O) groups excluding carboxylic acids is 3. The van der Waals surface area contributed by atoms with Crippen LogP contribution in [0.15, 0.2) is 71.6 Å². The lowest BCUT2D eigenvalue weighted by Gasteiger charge is -2.31. The molecule has 0 spiro atoms. The first kappa shape index (κ1) is 46.3. The van der Waals surface area contributed by atoms with Gasteiger partial charge < -0.3 is 9.64 Å². The number of nitrogens with zero attached hydrogens (tertiary/aromatic N) is 3. The molecule has 1 aliphatic heterocycles. The van der Waals surface area contributed by atoms with Crippen molar-refractivity contribution in [1.29, 1.82) is 0 Å². The van der Waals surface area contributed by atoms with Gasteiger partial charge >= 0.3 is 6.03 Å². The number of carbonyl (C=O) groups is 3. The first-order chi connectivity index (χ1) is 27.4. The molecule has 3 aromatic carbocycles. The number of hydrogen-bond acceptors (Lipinski definition) is 8. The van der Waals surface area contributed by atoms with Gasteiger partial charge in [-0.1, -0.05) is 130 Å². The molecule has 4 amide bonds. The van der Waals surface area contributed by atoms with Crippen LogP contribution < -0.4 is 15.1 Å². The van der Waals surface area contributed by atoms with E-state index in [4.69, 9.17) is 44.4 Å². The van der Waals surface area contributed by atoms with Gasteiger partial charge in [0, 0.05) is 24.7 Å². The molecule has 1 saturated heterocycles. The Morgan fingerprint density at radius 1 is 0.842 bits per heavy atom. The highest BCUT2D eigenvalue weighted by Gasteiger charge is 2.51. The number of likely N-dealkylation sites (N-methyl/N-ethyl adjacent to an activating group) is 1. The molecule has 312 valence electrons. The van der Waals surface area contributed by atoms with Gasteiger partial charge in [-0.2, -0.15) is 0 Å². The molecule has 2 N–H and O–H groups in total. The molecule has 0 saturated carbocycles. The van der Waals surface area contributed by atoms with Crippen LogP contribution in [-0.4, -0.2) is 74.6 Å². The van der Waals surface area contributed by atoms with Crippen LogP contribution in [0, 0.1) is 0 Å². The third-order valence-electron chi connectivity index (χ3n) is 9.58. The fraction of sp³-hybridized carbons (Fsp3) is 0.488. The van der Waals surface area contributed by atoms with Gasteiger partial charge in [-0.15, -0.1) is 0 Å². The summed E-state index contributed by atoms with van der Waals surface area (Å²) in [5.74, 6) is -1.45. The minimum absolute atomic E-state index is 0.0360. The summed E-state index contributed by atoms with van der Waals surface area (Å²) in [5, 5.41) is 0.665. The molecule has 4 rings (SSSR count). The smallest absolute Gasteiger partial charge is 0.330 e. The molecular formula is C41H54Cl3N5O7S. The van der Waals surface area contributed by atoms with Crippen LogP contribution in [0.4, 0.5) is 16.2 Å². The third kappa shape index (κ3) is 13.0. The average Bonchev–Trinajstić information content (AvgIpc) is 3.41. The van der Waals surface area contributed by atoms with Crippen molar-refractivity contribution in [3.63, 3.8) is 0 Å². The summed E-state index contributed by atoms with van der Waals surface area (Å²) in [6, 6.07) is 15.5. The van der Waals surface area contributed by atoms with Crippen molar-refractivity contribution in [3.8, 4) is 0 Å². The van der Waals surface area contributed by atoms with E-state index in [1.54, 1.807) is 19.9 Å². The Labute approximate surface area is 352 Å². The van der Waals surface area contributed by atoms with Crippen molar-refractivity contribution in [3.05, 3.63) is 87.4 Å². The number of unbranched alkanes of at least 4 members (excludes halogenated alkanes) is 9. The Morgan fingerprint density at radius 3 is 2.14 bits per heavy atom. The fourth-order valence-corrected chi connectivity index (χ4v) is 8.19. The maximum Gasteiger partial charge on any atom is 0.330 e. The molecule has 1 heterocycles. The summed E-state index contributed by atoms with van der Waals surface area (Å²) < 4.78 is 34.9. The predicted molar refractivity (Wildman–Crippen MR) is 226 cm³/mol. The monoisotopic (exact) mass is 865 g/mol. The fourth-order valence-electron chi connectivity index (χ4n) is 6.55. The van der Waals surface area contributed by atoms with Crippen molar-refractivity contribution in [1.82, 2.24) is 14.5 Å². The van der Waals surface area contributed by atoms with E-state index in [1.807, 2.05) is 30.3 Å². The van der Waals surface area contributed by atoms with E-state index in [-0.39, 0.29) is 52.6 Å². The van der Waals surface area contributed by atoms with Gasteiger partial charge in [-0.05, 0) is 62.2 Å². The van der Waals surface area contributed by atoms with Gasteiger partial charge in [0.2, 0.25) is 16.3 Å². The van der Waals surface area contributed by atoms with Crippen molar-refractivity contribution >= 4 is 74.0 Å². The molecule has 1 fully saturated rings. The third-order valence-corrected chi connectivity index (χ3v) is 11.9. The summed E-state index contributed by atoms with van der Waals surface area (Å²) in [7, 11) is -3.89. The molecule has 0 bridgehead atoms. The number of anilines is 2. The zero-order valence-corrected chi connectivity index (χ0v) is 35.9. The van der Waals surface area contributed by atoms with E-state index >= 15 is 0 Å². The number of sulfonamides is 1. The quantitative estimate of drug-likeness (QED) is 0.0489. The molecule has 1 aliphatic rings. The second-order valence-electron chi connectivity index (χ2n) is 13.7. The molecule has 3 aromatic rings. The molecule has 2 atom stereocenters.